The highest BCUT2D eigenvalue weighted by molar-refractivity contribution is 7.92. The smallest absolute Gasteiger partial charge is 0.263 e. The van der Waals surface area contributed by atoms with Gasteiger partial charge < -0.3 is 5.11 Å². The number of hydrogen-bond acceptors (Lipinski definition) is 4. The van der Waals surface area contributed by atoms with E-state index in [2.05, 4.69) is 9.71 Å². The number of nitrogens with one attached hydrogen (secondary N) is 1. The van der Waals surface area contributed by atoms with Crippen LogP contribution in [0.3, 0.4) is 0 Å². The number of benzene rings is 1. The number of sulfonamides is 1. The minimum atomic E-state index is -3.76. The molecule has 7 heteroatoms. The lowest BCUT2D eigenvalue weighted by molar-refractivity contribution is 0.475. The van der Waals surface area contributed by atoms with Gasteiger partial charge in [0.15, 0.2) is 5.82 Å². The fraction of sp³-hybridized carbons (Fsp3) is 0. The molecular weight excluding hydrogens is 276 g/mol. The van der Waals surface area contributed by atoms with E-state index in [0.29, 0.717) is 0 Å². The zero-order chi connectivity index (χ0) is 13.2. The van der Waals surface area contributed by atoms with Crippen molar-refractivity contribution in [2.45, 2.75) is 4.90 Å². The van der Waals surface area contributed by atoms with E-state index in [4.69, 9.17) is 16.7 Å². The maximum atomic E-state index is 12.0. The SMILES string of the molecule is O=S(=O)(Nc1ncccc1Cl)c1ccc(O)cc1. The third-order valence-electron chi connectivity index (χ3n) is 2.14. The molecule has 0 radical (unpaired) electrons. The standard InChI is InChI=1S/C11H9ClN2O3S/c12-10-2-1-7-13-11(10)14-18(16,17)9-5-3-8(15)4-6-9/h1-7,15H,(H,13,14). The summed E-state index contributed by atoms with van der Waals surface area (Å²) in [4.78, 5) is 3.85. The molecule has 1 aromatic heterocycles. The third kappa shape index (κ3) is 2.72. The summed E-state index contributed by atoms with van der Waals surface area (Å²) in [7, 11) is -3.76. The second kappa shape index (κ2) is 4.83. The van der Waals surface area contributed by atoms with Crippen LogP contribution in [-0.4, -0.2) is 18.5 Å². The second-order valence-electron chi connectivity index (χ2n) is 3.43. The molecule has 0 unspecified atom stereocenters. The first kappa shape index (κ1) is 12.7. The van der Waals surface area contributed by atoms with Gasteiger partial charge in [-0.2, -0.15) is 0 Å². The van der Waals surface area contributed by atoms with Crippen LogP contribution in [0, 0.1) is 0 Å². The molecule has 1 aromatic carbocycles. The summed E-state index contributed by atoms with van der Waals surface area (Å²) in [5, 5.41) is 9.32. The minimum Gasteiger partial charge on any atom is -0.508 e. The Morgan fingerprint density at radius 1 is 1.17 bits per heavy atom. The summed E-state index contributed by atoms with van der Waals surface area (Å²) in [6.45, 7) is 0. The normalized spacial score (nSPS) is 11.2. The molecule has 1 heterocycles. The monoisotopic (exact) mass is 284 g/mol. The third-order valence-corrected chi connectivity index (χ3v) is 3.80. The molecule has 0 atom stereocenters. The van der Waals surface area contributed by atoms with Crippen molar-refractivity contribution in [3.63, 3.8) is 0 Å². The van der Waals surface area contributed by atoms with E-state index >= 15 is 0 Å². The highest BCUT2D eigenvalue weighted by Crippen LogP contribution is 2.22. The number of nitrogens with zero attached hydrogens (tertiary/aromatic N) is 1. The fourth-order valence-electron chi connectivity index (χ4n) is 1.27. The van der Waals surface area contributed by atoms with Gasteiger partial charge in [-0.05, 0) is 36.4 Å². The Hall–Kier alpha value is -1.79. The molecule has 2 aromatic rings. The van der Waals surface area contributed by atoms with Crippen LogP contribution < -0.4 is 4.72 Å². The van der Waals surface area contributed by atoms with E-state index in [1.165, 1.54) is 36.5 Å². The molecule has 0 aliphatic heterocycles. The number of anilines is 1. The van der Waals surface area contributed by atoms with Crippen molar-refractivity contribution in [3.05, 3.63) is 47.6 Å². The van der Waals surface area contributed by atoms with Crippen LogP contribution >= 0.6 is 11.6 Å². The highest BCUT2D eigenvalue weighted by Gasteiger charge is 2.16. The van der Waals surface area contributed by atoms with Crippen LogP contribution in [0.25, 0.3) is 0 Å². The van der Waals surface area contributed by atoms with Gasteiger partial charge in [0, 0.05) is 6.20 Å². The summed E-state index contributed by atoms with van der Waals surface area (Å²) >= 11 is 5.81. The van der Waals surface area contributed by atoms with Crippen molar-refractivity contribution in [3.8, 4) is 5.75 Å². The number of halogens is 1. The van der Waals surface area contributed by atoms with E-state index in [1.54, 1.807) is 6.07 Å². The molecule has 0 aliphatic carbocycles. The van der Waals surface area contributed by atoms with Crippen LogP contribution in [0.5, 0.6) is 5.75 Å². The van der Waals surface area contributed by atoms with E-state index < -0.39 is 10.0 Å². The van der Waals surface area contributed by atoms with Gasteiger partial charge in [0.1, 0.15) is 5.75 Å². The van der Waals surface area contributed by atoms with Gasteiger partial charge in [-0.1, -0.05) is 11.6 Å². The van der Waals surface area contributed by atoms with Crippen molar-refractivity contribution in [1.29, 1.82) is 0 Å². The number of aromatic nitrogens is 1. The van der Waals surface area contributed by atoms with E-state index in [1.807, 2.05) is 0 Å². The number of hydrogen-bond donors (Lipinski definition) is 2. The lowest BCUT2D eigenvalue weighted by Crippen LogP contribution is -2.14. The summed E-state index contributed by atoms with van der Waals surface area (Å²) in [5.74, 6) is 0.0528. The molecule has 0 aliphatic rings. The van der Waals surface area contributed by atoms with Crippen LogP contribution in [0.1, 0.15) is 0 Å². The molecule has 2 rings (SSSR count). The first-order valence-corrected chi connectivity index (χ1v) is 6.77. The minimum absolute atomic E-state index is 0.00943. The molecule has 0 saturated heterocycles. The lowest BCUT2D eigenvalue weighted by atomic mass is 10.3. The van der Waals surface area contributed by atoms with Gasteiger partial charge in [-0.25, -0.2) is 13.4 Å². The van der Waals surface area contributed by atoms with Crippen LogP contribution in [0.4, 0.5) is 5.82 Å². The topological polar surface area (TPSA) is 79.3 Å². The second-order valence-corrected chi connectivity index (χ2v) is 5.52. The van der Waals surface area contributed by atoms with Crippen molar-refractivity contribution in [1.82, 2.24) is 4.98 Å². The van der Waals surface area contributed by atoms with Gasteiger partial charge >= 0.3 is 0 Å². The molecule has 18 heavy (non-hydrogen) atoms. The zero-order valence-electron chi connectivity index (χ0n) is 9.04. The molecular formula is C11H9ClN2O3S. The number of phenols is 1. The zero-order valence-corrected chi connectivity index (χ0v) is 10.6. The van der Waals surface area contributed by atoms with Gasteiger partial charge in [-0.3, -0.25) is 4.72 Å². The average molecular weight is 285 g/mol. The van der Waals surface area contributed by atoms with Crippen LogP contribution in [-0.2, 0) is 10.0 Å². The van der Waals surface area contributed by atoms with E-state index in [-0.39, 0.29) is 21.5 Å². The van der Waals surface area contributed by atoms with Crippen molar-refractivity contribution < 1.29 is 13.5 Å². The molecule has 0 fully saturated rings. The van der Waals surface area contributed by atoms with Crippen molar-refractivity contribution in [2.24, 2.45) is 0 Å². The molecule has 0 spiro atoms. The molecule has 2 N–H and O–H groups in total. The number of rotatable bonds is 3. The summed E-state index contributed by atoms with van der Waals surface area (Å²) < 4.78 is 26.2. The molecule has 94 valence electrons. The van der Waals surface area contributed by atoms with Gasteiger partial charge in [0.25, 0.3) is 10.0 Å². The number of phenolic OH excluding ortho intramolecular Hbond substituents is 1. The molecule has 0 bridgehead atoms. The molecule has 5 nitrogen and oxygen atoms in total. The van der Waals surface area contributed by atoms with E-state index in [9.17, 15) is 8.42 Å². The largest absolute Gasteiger partial charge is 0.508 e. The van der Waals surface area contributed by atoms with Crippen LogP contribution in [0.15, 0.2) is 47.5 Å². The maximum Gasteiger partial charge on any atom is 0.263 e. The first-order chi connectivity index (χ1) is 8.49. The van der Waals surface area contributed by atoms with Gasteiger partial charge in [0.05, 0.1) is 9.92 Å². The van der Waals surface area contributed by atoms with Crippen molar-refractivity contribution >= 4 is 27.4 Å². The molecule has 0 saturated carbocycles. The Balaban J connectivity index is 2.33. The van der Waals surface area contributed by atoms with Crippen LogP contribution in [0.2, 0.25) is 5.02 Å². The Morgan fingerprint density at radius 3 is 2.44 bits per heavy atom. The number of aromatic hydroxyl groups is 1. The van der Waals surface area contributed by atoms with Crippen molar-refractivity contribution in [2.75, 3.05) is 4.72 Å². The van der Waals surface area contributed by atoms with Gasteiger partial charge in [-0.15, -0.1) is 0 Å². The Kier molecular flexibility index (Phi) is 3.40. The predicted molar refractivity (Wildman–Crippen MR) is 68.2 cm³/mol. The fourth-order valence-corrected chi connectivity index (χ4v) is 2.53. The summed E-state index contributed by atoms with van der Waals surface area (Å²) in [6.07, 6.45) is 1.43. The highest BCUT2D eigenvalue weighted by atomic mass is 35.5. The summed E-state index contributed by atoms with van der Waals surface area (Å²) in [5.41, 5.74) is 0. The quantitative estimate of drug-likeness (QED) is 0.906. The Morgan fingerprint density at radius 2 is 1.83 bits per heavy atom. The summed E-state index contributed by atoms with van der Waals surface area (Å²) in [6, 6.07) is 8.27. The predicted octanol–water partition coefficient (Wildman–Crippen LogP) is 2.24. The maximum absolute atomic E-state index is 12.0. The first-order valence-electron chi connectivity index (χ1n) is 4.91. The number of pyridine rings is 1. The Bertz CT molecular complexity index is 656. The lowest BCUT2D eigenvalue weighted by Gasteiger charge is -2.08. The van der Waals surface area contributed by atoms with E-state index in [0.717, 1.165) is 0 Å². The van der Waals surface area contributed by atoms with Gasteiger partial charge in [0.2, 0.25) is 0 Å². The average Bonchev–Trinajstić information content (AvgIpc) is 2.32. The Labute approximate surface area is 109 Å². The molecule has 0 amide bonds.